The first-order valence-corrected chi connectivity index (χ1v) is 7.36. The van der Waals surface area contributed by atoms with Crippen molar-refractivity contribution in [3.05, 3.63) is 35.4 Å². The van der Waals surface area contributed by atoms with Gasteiger partial charge in [0.15, 0.2) is 5.92 Å². The molecule has 5 heteroatoms. The van der Waals surface area contributed by atoms with E-state index >= 15 is 0 Å². The molecular formula is C16H19NO4. The number of benzene rings is 1. The van der Waals surface area contributed by atoms with Crippen LogP contribution in [0.15, 0.2) is 24.3 Å². The van der Waals surface area contributed by atoms with Gasteiger partial charge in [0.25, 0.3) is 0 Å². The molecule has 5 nitrogen and oxygen atoms in total. The maximum absolute atomic E-state index is 11.3. The van der Waals surface area contributed by atoms with Crippen LogP contribution in [0.1, 0.15) is 48.6 Å². The molecule has 0 aromatic heterocycles. The Morgan fingerprint density at radius 1 is 1.05 bits per heavy atom. The van der Waals surface area contributed by atoms with E-state index in [0.29, 0.717) is 17.6 Å². The van der Waals surface area contributed by atoms with Gasteiger partial charge in [0.1, 0.15) is 0 Å². The van der Waals surface area contributed by atoms with Crippen molar-refractivity contribution < 1.29 is 19.8 Å². The first-order valence-electron chi connectivity index (χ1n) is 7.36. The van der Waals surface area contributed by atoms with E-state index in [9.17, 15) is 19.8 Å². The van der Waals surface area contributed by atoms with Crippen LogP contribution in [0.3, 0.4) is 0 Å². The van der Waals surface area contributed by atoms with E-state index in [1.54, 1.807) is 12.1 Å². The number of fused-ring (bicyclic) bond motifs is 2. The summed E-state index contributed by atoms with van der Waals surface area (Å²) in [5.41, 5.74) is 1.33. The van der Waals surface area contributed by atoms with E-state index in [1.165, 1.54) is 0 Å². The minimum Gasteiger partial charge on any atom is -0.480 e. The van der Waals surface area contributed by atoms with Gasteiger partial charge in [-0.25, -0.2) is 0 Å². The summed E-state index contributed by atoms with van der Waals surface area (Å²) in [6.07, 6.45) is 4.23. The number of carboxylic acid groups (broad SMARTS) is 2. The largest absolute Gasteiger partial charge is 0.480 e. The lowest BCUT2D eigenvalue weighted by Gasteiger charge is -2.31. The molecule has 2 heterocycles. The minimum atomic E-state index is -1.48. The number of carboxylic acids is 2. The fourth-order valence-electron chi connectivity index (χ4n) is 3.83. The van der Waals surface area contributed by atoms with Gasteiger partial charge < -0.3 is 15.5 Å². The Labute approximate surface area is 123 Å². The fourth-order valence-corrected chi connectivity index (χ4v) is 3.83. The second-order valence-electron chi connectivity index (χ2n) is 6.04. The molecule has 0 radical (unpaired) electrons. The van der Waals surface area contributed by atoms with E-state index in [0.717, 1.165) is 31.2 Å². The lowest BCUT2D eigenvalue weighted by Crippen LogP contribution is -2.37. The highest BCUT2D eigenvalue weighted by Crippen LogP contribution is 2.39. The summed E-state index contributed by atoms with van der Waals surface area (Å²) in [6, 6.07) is 8.08. The Kier molecular flexibility index (Phi) is 3.68. The maximum Gasteiger partial charge on any atom is 0.322 e. The third-order valence-corrected chi connectivity index (χ3v) is 4.71. The monoisotopic (exact) mass is 289 g/mol. The van der Waals surface area contributed by atoms with E-state index in [4.69, 9.17) is 0 Å². The van der Waals surface area contributed by atoms with Crippen LogP contribution in [0.2, 0.25) is 0 Å². The molecule has 2 saturated heterocycles. The second-order valence-corrected chi connectivity index (χ2v) is 6.04. The zero-order valence-electron chi connectivity index (χ0n) is 11.7. The van der Waals surface area contributed by atoms with Gasteiger partial charge in [0.2, 0.25) is 0 Å². The molecule has 2 fully saturated rings. The van der Waals surface area contributed by atoms with Gasteiger partial charge in [-0.05, 0) is 42.7 Å². The quantitative estimate of drug-likeness (QED) is 0.737. The maximum atomic E-state index is 11.3. The summed E-state index contributed by atoms with van der Waals surface area (Å²) in [4.78, 5) is 22.6. The number of hydrogen-bond acceptors (Lipinski definition) is 3. The predicted molar refractivity (Wildman–Crippen MR) is 76.4 cm³/mol. The van der Waals surface area contributed by atoms with Gasteiger partial charge in [0, 0.05) is 12.1 Å². The SMILES string of the molecule is O=C(O)C(C(=O)O)c1ccccc1C1CC2CCC(C1)N2. The Morgan fingerprint density at radius 3 is 2.19 bits per heavy atom. The van der Waals surface area contributed by atoms with E-state index in [-0.39, 0.29) is 5.92 Å². The third kappa shape index (κ3) is 2.65. The average Bonchev–Trinajstić information content (AvgIpc) is 2.77. The molecule has 1 aromatic carbocycles. The summed E-state index contributed by atoms with van der Waals surface area (Å²) in [5.74, 6) is -3.83. The summed E-state index contributed by atoms with van der Waals surface area (Å²) in [5, 5.41) is 22.0. The molecule has 2 atom stereocenters. The molecule has 2 aliphatic rings. The minimum absolute atomic E-state index is 0.251. The molecular weight excluding hydrogens is 270 g/mol. The van der Waals surface area contributed by atoms with Crippen molar-refractivity contribution in [2.24, 2.45) is 0 Å². The Morgan fingerprint density at radius 2 is 1.62 bits per heavy atom. The molecule has 2 bridgehead atoms. The first kappa shape index (κ1) is 14.1. The molecule has 2 aliphatic heterocycles. The number of nitrogens with one attached hydrogen (secondary N) is 1. The van der Waals surface area contributed by atoms with Crippen LogP contribution < -0.4 is 5.32 Å². The molecule has 1 aromatic rings. The number of aliphatic carboxylic acids is 2. The van der Waals surface area contributed by atoms with Crippen molar-refractivity contribution in [1.29, 1.82) is 0 Å². The van der Waals surface area contributed by atoms with Crippen molar-refractivity contribution in [1.82, 2.24) is 5.32 Å². The fraction of sp³-hybridized carbons (Fsp3) is 0.500. The number of hydrogen-bond donors (Lipinski definition) is 3. The molecule has 2 unspecified atom stereocenters. The Balaban J connectivity index is 1.96. The van der Waals surface area contributed by atoms with E-state index < -0.39 is 17.9 Å². The van der Waals surface area contributed by atoms with E-state index in [1.807, 2.05) is 12.1 Å². The van der Waals surface area contributed by atoms with E-state index in [2.05, 4.69) is 5.32 Å². The number of rotatable bonds is 4. The summed E-state index contributed by atoms with van der Waals surface area (Å²) >= 11 is 0. The van der Waals surface area contributed by atoms with Gasteiger partial charge >= 0.3 is 11.9 Å². The van der Waals surface area contributed by atoms with Crippen molar-refractivity contribution in [2.45, 2.75) is 49.6 Å². The molecule has 3 rings (SSSR count). The normalized spacial score (nSPS) is 27.8. The second kappa shape index (κ2) is 5.48. The Hall–Kier alpha value is -1.88. The van der Waals surface area contributed by atoms with Crippen LogP contribution in [-0.2, 0) is 9.59 Å². The van der Waals surface area contributed by atoms with Crippen LogP contribution in [-0.4, -0.2) is 34.2 Å². The lowest BCUT2D eigenvalue weighted by molar-refractivity contribution is -0.150. The highest BCUT2D eigenvalue weighted by atomic mass is 16.4. The highest BCUT2D eigenvalue weighted by Gasteiger charge is 2.37. The molecule has 112 valence electrons. The van der Waals surface area contributed by atoms with Crippen molar-refractivity contribution >= 4 is 11.9 Å². The summed E-state index contributed by atoms with van der Waals surface area (Å²) in [6.45, 7) is 0. The van der Waals surface area contributed by atoms with Gasteiger partial charge in [-0.2, -0.15) is 0 Å². The summed E-state index contributed by atoms with van der Waals surface area (Å²) < 4.78 is 0. The molecule has 21 heavy (non-hydrogen) atoms. The molecule has 0 aliphatic carbocycles. The van der Waals surface area contributed by atoms with Crippen LogP contribution >= 0.6 is 0 Å². The van der Waals surface area contributed by atoms with Gasteiger partial charge in [0.05, 0.1) is 0 Å². The van der Waals surface area contributed by atoms with Crippen molar-refractivity contribution in [2.75, 3.05) is 0 Å². The predicted octanol–water partition coefficient (Wildman–Crippen LogP) is 1.94. The molecule has 3 N–H and O–H groups in total. The zero-order valence-corrected chi connectivity index (χ0v) is 11.7. The highest BCUT2D eigenvalue weighted by molar-refractivity contribution is 5.99. The smallest absolute Gasteiger partial charge is 0.322 e. The van der Waals surface area contributed by atoms with Crippen molar-refractivity contribution in [3.63, 3.8) is 0 Å². The zero-order chi connectivity index (χ0) is 15.0. The van der Waals surface area contributed by atoms with Gasteiger partial charge in [-0.15, -0.1) is 0 Å². The third-order valence-electron chi connectivity index (χ3n) is 4.71. The summed E-state index contributed by atoms with van der Waals surface area (Å²) in [7, 11) is 0. The van der Waals surface area contributed by atoms with Crippen LogP contribution in [0.5, 0.6) is 0 Å². The number of piperidine rings is 1. The van der Waals surface area contributed by atoms with Crippen LogP contribution in [0.4, 0.5) is 0 Å². The average molecular weight is 289 g/mol. The first-order chi connectivity index (χ1) is 10.1. The Bertz CT molecular complexity index is 545. The van der Waals surface area contributed by atoms with Crippen molar-refractivity contribution in [3.8, 4) is 0 Å². The van der Waals surface area contributed by atoms with Gasteiger partial charge in [-0.3, -0.25) is 9.59 Å². The lowest BCUT2D eigenvalue weighted by atomic mass is 9.81. The molecule has 0 saturated carbocycles. The molecule has 0 amide bonds. The molecule has 0 spiro atoms. The van der Waals surface area contributed by atoms with Crippen LogP contribution in [0.25, 0.3) is 0 Å². The standard InChI is InChI=1S/C16H19NO4/c18-15(19)14(16(20)21)13-4-2-1-3-12(13)9-7-10-5-6-11(8-9)17-10/h1-4,9-11,14,17H,5-8H2,(H,18,19)(H,20,21). The number of carbonyl (C=O) groups is 2. The van der Waals surface area contributed by atoms with Gasteiger partial charge in [-0.1, -0.05) is 24.3 Å². The topological polar surface area (TPSA) is 86.6 Å². The van der Waals surface area contributed by atoms with Crippen LogP contribution in [0, 0.1) is 0 Å².